The molecule has 5 nitrogen and oxygen atoms in total. The predicted octanol–water partition coefficient (Wildman–Crippen LogP) is 0.737. The second-order valence-electron chi connectivity index (χ2n) is 4.90. The van der Waals surface area contributed by atoms with E-state index in [-0.39, 0.29) is 0 Å². The lowest BCUT2D eigenvalue weighted by Crippen LogP contribution is -2.43. The van der Waals surface area contributed by atoms with Gasteiger partial charge in [-0.05, 0) is 6.42 Å². The van der Waals surface area contributed by atoms with Gasteiger partial charge in [0, 0.05) is 38.2 Å². The topological polar surface area (TPSA) is 50.3 Å². The first-order chi connectivity index (χ1) is 8.88. The van der Waals surface area contributed by atoms with Crippen LogP contribution >= 0.6 is 0 Å². The molecule has 1 N–H and O–H groups in total. The van der Waals surface area contributed by atoms with Crippen LogP contribution in [-0.4, -0.2) is 42.3 Å². The Balaban J connectivity index is 1.87. The third kappa shape index (κ3) is 2.20. The second kappa shape index (κ2) is 5.20. The molecule has 1 aromatic heterocycles. The van der Waals surface area contributed by atoms with E-state index >= 15 is 0 Å². The summed E-state index contributed by atoms with van der Waals surface area (Å²) in [5, 5.41) is 3.41. The van der Waals surface area contributed by atoms with Crippen molar-refractivity contribution in [3.8, 4) is 0 Å². The number of fused-ring (bicyclic) bond motifs is 1. The number of nitrogens with zero attached hydrogens (tertiary/aromatic N) is 3. The van der Waals surface area contributed by atoms with Crippen LogP contribution in [0.5, 0.6) is 0 Å². The van der Waals surface area contributed by atoms with Gasteiger partial charge in [-0.25, -0.2) is 9.97 Å². The van der Waals surface area contributed by atoms with Gasteiger partial charge in [0.05, 0.1) is 18.4 Å². The molecule has 3 rings (SSSR count). The Morgan fingerprint density at radius 2 is 2.44 bits per heavy atom. The Hall–Kier alpha value is -1.20. The third-order valence-electron chi connectivity index (χ3n) is 3.75. The molecule has 1 fully saturated rings. The lowest BCUT2D eigenvalue weighted by atomic mass is 10.1. The fourth-order valence-corrected chi connectivity index (χ4v) is 2.69. The number of aromatic nitrogens is 2. The highest BCUT2D eigenvalue weighted by Gasteiger charge is 2.24. The lowest BCUT2D eigenvalue weighted by Gasteiger charge is -2.35. The Bertz CT molecular complexity index is 423. The van der Waals surface area contributed by atoms with Crippen LogP contribution in [0.3, 0.4) is 0 Å². The Kier molecular flexibility index (Phi) is 3.43. The molecule has 1 aromatic rings. The fraction of sp³-hybridized carbons (Fsp3) is 0.692. The van der Waals surface area contributed by atoms with E-state index in [4.69, 9.17) is 4.74 Å². The van der Waals surface area contributed by atoms with Crippen molar-refractivity contribution < 1.29 is 4.74 Å². The summed E-state index contributed by atoms with van der Waals surface area (Å²) in [4.78, 5) is 11.3. The fourth-order valence-electron chi connectivity index (χ4n) is 2.69. The average molecular weight is 248 g/mol. The van der Waals surface area contributed by atoms with Crippen LogP contribution in [0.2, 0.25) is 0 Å². The van der Waals surface area contributed by atoms with Gasteiger partial charge in [0.2, 0.25) is 0 Å². The molecule has 3 heterocycles. The van der Waals surface area contributed by atoms with Gasteiger partial charge < -0.3 is 15.0 Å². The highest BCUT2D eigenvalue weighted by atomic mass is 16.5. The number of ether oxygens (including phenoxy) is 1. The maximum atomic E-state index is 5.72. The first kappa shape index (κ1) is 11.9. The van der Waals surface area contributed by atoms with Gasteiger partial charge in [-0.15, -0.1) is 0 Å². The molecule has 0 radical (unpaired) electrons. The molecule has 0 bridgehead atoms. The van der Waals surface area contributed by atoms with Crippen molar-refractivity contribution in [2.45, 2.75) is 32.4 Å². The van der Waals surface area contributed by atoms with Crippen LogP contribution in [0.1, 0.15) is 24.6 Å². The van der Waals surface area contributed by atoms with Gasteiger partial charge in [-0.2, -0.15) is 0 Å². The molecule has 5 heteroatoms. The minimum atomic E-state index is 0.334. The van der Waals surface area contributed by atoms with Gasteiger partial charge >= 0.3 is 0 Å². The molecule has 98 valence electrons. The summed E-state index contributed by atoms with van der Waals surface area (Å²) in [6.07, 6.45) is 4.10. The van der Waals surface area contributed by atoms with Gasteiger partial charge in [0.15, 0.2) is 0 Å². The molecule has 1 atom stereocenters. The number of morpholine rings is 1. The van der Waals surface area contributed by atoms with Crippen molar-refractivity contribution in [1.29, 1.82) is 0 Å². The highest BCUT2D eigenvalue weighted by molar-refractivity contribution is 5.49. The molecular formula is C13H20N4O. The molecule has 18 heavy (non-hydrogen) atoms. The number of hydrogen-bond donors (Lipinski definition) is 1. The molecule has 2 aliphatic heterocycles. The van der Waals surface area contributed by atoms with E-state index in [1.54, 1.807) is 6.33 Å². The number of hydrogen-bond acceptors (Lipinski definition) is 5. The van der Waals surface area contributed by atoms with Crippen molar-refractivity contribution in [3.63, 3.8) is 0 Å². The maximum Gasteiger partial charge on any atom is 0.136 e. The monoisotopic (exact) mass is 248 g/mol. The van der Waals surface area contributed by atoms with Crippen LogP contribution in [0.15, 0.2) is 6.33 Å². The van der Waals surface area contributed by atoms with Gasteiger partial charge in [-0.1, -0.05) is 6.92 Å². The smallest absolute Gasteiger partial charge is 0.136 e. The minimum Gasteiger partial charge on any atom is -0.375 e. The molecular weight excluding hydrogens is 228 g/mol. The normalized spacial score (nSPS) is 23.8. The Morgan fingerprint density at radius 3 is 3.33 bits per heavy atom. The van der Waals surface area contributed by atoms with E-state index in [1.807, 2.05) is 0 Å². The van der Waals surface area contributed by atoms with Crippen molar-refractivity contribution in [2.24, 2.45) is 0 Å². The average Bonchev–Trinajstić information content (AvgIpc) is 2.47. The Morgan fingerprint density at radius 1 is 1.50 bits per heavy atom. The maximum absolute atomic E-state index is 5.72. The van der Waals surface area contributed by atoms with E-state index in [2.05, 4.69) is 27.1 Å². The molecule has 0 spiro atoms. The first-order valence-corrected chi connectivity index (χ1v) is 6.78. The van der Waals surface area contributed by atoms with E-state index < -0.39 is 0 Å². The molecule has 1 saturated heterocycles. The summed E-state index contributed by atoms with van der Waals surface area (Å²) in [6, 6.07) is 0. The van der Waals surface area contributed by atoms with Gasteiger partial charge in [-0.3, -0.25) is 0 Å². The molecule has 2 aliphatic rings. The summed E-state index contributed by atoms with van der Waals surface area (Å²) in [5.74, 6) is 1.11. The van der Waals surface area contributed by atoms with Crippen LogP contribution in [0.25, 0.3) is 0 Å². The number of anilines is 1. The molecule has 0 aliphatic carbocycles. The summed E-state index contributed by atoms with van der Waals surface area (Å²) < 4.78 is 5.72. The van der Waals surface area contributed by atoms with E-state index in [0.717, 1.165) is 51.4 Å². The quantitative estimate of drug-likeness (QED) is 0.836. The first-order valence-electron chi connectivity index (χ1n) is 6.78. The predicted molar refractivity (Wildman–Crippen MR) is 69.7 cm³/mol. The van der Waals surface area contributed by atoms with Crippen molar-refractivity contribution >= 4 is 5.82 Å². The van der Waals surface area contributed by atoms with Crippen LogP contribution in [0.4, 0.5) is 5.82 Å². The molecule has 0 aromatic carbocycles. The summed E-state index contributed by atoms with van der Waals surface area (Å²) >= 11 is 0. The number of rotatable bonds is 2. The zero-order valence-corrected chi connectivity index (χ0v) is 10.9. The van der Waals surface area contributed by atoms with E-state index in [9.17, 15) is 0 Å². The SMILES string of the molecule is CCC1CN(c2ncnc3c2CNCC3)CCO1. The van der Waals surface area contributed by atoms with E-state index in [0.29, 0.717) is 6.10 Å². The summed E-state index contributed by atoms with van der Waals surface area (Å²) in [5.41, 5.74) is 2.48. The minimum absolute atomic E-state index is 0.334. The second-order valence-corrected chi connectivity index (χ2v) is 4.90. The standard InChI is InChI=1S/C13H20N4O/c1-2-10-8-17(5-6-18-10)13-11-7-14-4-3-12(11)15-9-16-13/h9-10,14H,2-8H2,1H3. The van der Waals surface area contributed by atoms with Gasteiger partial charge in [0.1, 0.15) is 12.1 Å². The molecule has 1 unspecified atom stereocenters. The zero-order valence-electron chi connectivity index (χ0n) is 10.9. The number of nitrogens with one attached hydrogen (secondary N) is 1. The van der Waals surface area contributed by atoms with Crippen molar-refractivity contribution in [1.82, 2.24) is 15.3 Å². The summed E-state index contributed by atoms with van der Waals surface area (Å²) in [6.45, 7) is 6.75. The van der Waals surface area contributed by atoms with Crippen LogP contribution in [-0.2, 0) is 17.7 Å². The third-order valence-corrected chi connectivity index (χ3v) is 3.75. The van der Waals surface area contributed by atoms with Crippen LogP contribution < -0.4 is 10.2 Å². The molecule has 0 saturated carbocycles. The summed E-state index contributed by atoms with van der Waals surface area (Å²) in [7, 11) is 0. The Labute approximate surface area is 108 Å². The molecule has 0 amide bonds. The highest BCUT2D eigenvalue weighted by Crippen LogP contribution is 2.24. The van der Waals surface area contributed by atoms with Crippen molar-refractivity contribution in [3.05, 3.63) is 17.6 Å². The lowest BCUT2D eigenvalue weighted by molar-refractivity contribution is 0.0381. The largest absolute Gasteiger partial charge is 0.375 e. The van der Waals surface area contributed by atoms with Crippen molar-refractivity contribution in [2.75, 3.05) is 31.1 Å². The van der Waals surface area contributed by atoms with E-state index in [1.165, 1.54) is 11.3 Å². The zero-order chi connectivity index (χ0) is 12.4. The van der Waals surface area contributed by atoms with Gasteiger partial charge in [0.25, 0.3) is 0 Å². The van der Waals surface area contributed by atoms with Crippen LogP contribution in [0, 0.1) is 0 Å².